The highest BCUT2D eigenvalue weighted by Crippen LogP contribution is 2.36. The summed E-state index contributed by atoms with van der Waals surface area (Å²) >= 11 is 0. The monoisotopic (exact) mass is 354 g/mol. The van der Waals surface area contributed by atoms with Crippen LogP contribution in [0.25, 0.3) is 0 Å². The number of hydrogen-bond donors (Lipinski definition) is 2. The van der Waals surface area contributed by atoms with E-state index in [2.05, 4.69) is 92.1 Å². The molecule has 1 unspecified atom stereocenters. The normalized spacial score (nSPS) is 18.9. The fourth-order valence-corrected chi connectivity index (χ4v) is 8.42. The van der Waals surface area contributed by atoms with Crippen LogP contribution in [0.1, 0.15) is 20.8 Å². The second kappa shape index (κ2) is 7.83. The van der Waals surface area contributed by atoms with E-state index in [1.807, 2.05) is 0 Å². The maximum atomic E-state index is 6.94. The summed E-state index contributed by atoms with van der Waals surface area (Å²) in [5.41, 5.74) is 0. The topological polar surface area (TPSA) is 33.3 Å². The van der Waals surface area contributed by atoms with Gasteiger partial charge in [0.05, 0.1) is 6.61 Å². The van der Waals surface area contributed by atoms with Crippen LogP contribution in [0.4, 0.5) is 0 Å². The van der Waals surface area contributed by atoms with E-state index in [9.17, 15) is 0 Å². The average molecular weight is 355 g/mol. The van der Waals surface area contributed by atoms with Crippen molar-refractivity contribution < 1.29 is 4.43 Å². The molecule has 1 aliphatic heterocycles. The Labute approximate surface area is 152 Å². The van der Waals surface area contributed by atoms with Gasteiger partial charge in [-0.15, -0.1) is 0 Å². The third-order valence-corrected chi connectivity index (χ3v) is 10.0. The van der Waals surface area contributed by atoms with Gasteiger partial charge in [-0.25, -0.2) is 0 Å². The highest BCUT2D eigenvalue weighted by atomic mass is 28.4. The third kappa shape index (κ3) is 3.87. The zero-order valence-corrected chi connectivity index (χ0v) is 16.6. The van der Waals surface area contributed by atoms with Crippen LogP contribution < -0.4 is 21.0 Å². The van der Waals surface area contributed by atoms with Crippen LogP contribution in [0.2, 0.25) is 5.04 Å². The SMILES string of the molecule is CC(C)(C)[Si](OCC1CNCCN1)(c1ccccc1)c1ccccc1. The smallest absolute Gasteiger partial charge is 0.261 e. The molecule has 1 heterocycles. The van der Waals surface area contributed by atoms with E-state index < -0.39 is 8.32 Å². The Balaban J connectivity index is 2.02. The first-order valence-corrected chi connectivity index (χ1v) is 11.1. The first-order valence-electron chi connectivity index (χ1n) is 9.23. The molecule has 2 aromatic carbocycles. The van der Waals surface area contributed by atoms with Gasteiger partial charge in [0.2, 0.25) is 0 Å². The van der Waals surface area contributed by atoms with Crippen LogP contribution in [0.5, 0.6) is 0 Å². The molecule has 1 atom stereocenters. The number of hydrogen-bond acceptors (Lipinski definition) is 3. The standard InChI is InChI=1S/C21H30N2OSi/c1-21(2,3)25(19-10-6-4-7-11-19,20-12-8-5-9-13-20)24-17-18-16-22-14-15-23-18/h4-13,18,22-23H,14-17H2,1-3H3. The van der Waals surface area contributed by atoms with Crippen molar-refractivity contribution in [1.82, 2.24) is 10.6 Å². The molecule has 0 aromatic heterocycles. The first-order chi connectivity index (χ1) is 12.0. The van der Waals surface area contributed by atoms with Gasteiger partial charge >= 0.3 is 0 Å². The maximum absolute atomic E-state index is 6.94. The Hall–Kier alpha value is -1.46. The predicted octanol–water partition coefficient (Wildman–Crippen LogP) is 2.12. The van der Waals surface area contributed by atoms with Gasteiger partial charge < -0.3 is 15.1 Å². The molecule has 1 fully saturated rings. The molecule has 1 aliphatic rings. The number of benzene rings is 2. The Bertz CT molecular complexity index is 609. The van der Waals surface area contributed by atoms with E-state index in [0.717, 1.165) is 26.2 Å². The van der Waals surface area contributed by atoms with Gasteiger partial charge in [0.15, 0.2) is 0 Å². The Morgan fingerprint density at radius 3 is 1.92 bits per heavy atom. The van der Waals surface area contributed by atoms with Crippen molar-refractivity contribution in [2.75, 3.05) is 26.2 Å². The largest absolute Gasteiger partial charge is 0.406 e. The molecule has 0 radical (unpaired) electrons. The Morgan fingerprint density at radius 2 is 1.48 bits per heavy atom. The predicted molar refractivity (Wildman–Crippen MR) is 108 cm³/mol. The van der Waals surface area contributed by atoms with Gasteiger partial charge in [0.1, 0.15) is 0 Å². The van der Waals surface area contributed by atoms with E-state index in [-0.39, 0.29) is 5.04 Å². The van der Waals surface area contributed by atoms with Gasteiger partial charge in [0, 0.05) is 25.7 Å². The molecule has 0 aliphatic carbocycles. The number of nitrogens with one attached hydrogen (secondary N) is 2. The molecule has 134 valence electrons. The zero-order chi connectivity index (χ0) is 17.8. The van der Waals surface area contributed by atoms with Gasteiger partial charge in [0.25, 0.3) is 8.32 Å². The van der Waals surface area contributed by atoms with Crippen LogP contribution in [-0.2, 0) is 4.43 Å². The lowest BCUT2D eigenvalue weighted by molar-refractivity contribution is 0.234. The molecule has 0 spiro atoms. The second-order valence-corrected chi connectivity index (χ2v) is 12.1. The molecule has 2 aromatic rings. The summed E-state index contributed by atoms with van der Waals surface area (Å²) in [4.78, 5) is 0. The molecule has 2 N–H and O–H groups in total. The minimum absolute atomic E-state index is 0.0395. The summed E-state index contributed by atoms with van der Waals surface area (Å²) < 4.78 is 6.94. The van der Waals surface area contributed by atoms with E-state index in [1.54, 1.807) is 0 Å². The summed E-state index contributed by atoms with van der Waals surface area (Å²) in [6.45, 7) is 10.7. The molecular formula is C21H30N2OSi. The minimum Gasteiger partial charge on any atom is -0.406 e. The lowest BCUT2D eigenvalue weighted by atomic mass is 10.2. The Morgan fingerprint density at radius 1 is 0.920 bits per heavy atom. The summed E-state index contributed by atoms with van der Waals surface area (Å²) in [5, 5.41) is 9.77. The van der Waals surface area contributed by atoms with Gasteiger partial charge in [-0.05, 0) is 15.4 Å². The fourth-order valence-electron chi connectivity index (χ4n) is 3.82. The van der Waals surface area contributed by atoms with Crippen molar-refractivity contribution in [2.45, 2.75) is 31.9 Å². The van der Waals surface area contributed by atoms with Crippen molar-refractivity contribution in [2.24, 2.45) is 0 Å². The first kappa shape index (κ1) is 18.3. The van der Waals surface area contributed by atoms with Crippen LogP contribution in [0, 0.1) is 0 Å². The van der Waals surface area contributed by atoms with Crippen LogP contribution in [0.15, 0.2) is 60.7 Å². The quantitative estimate of drug-likeness (QED) is 0.807. The highest BCUT2D eigenvalue weighted by Gasteiger charge is 2.50. The molecule has 1 saturated heterocycles. The molecule has 0 amide bonds. The van der Waals surface area contributed by atoms with Crippen molar-refractivity contribution in [3.05, 3.63) is 60.7 Å². The summed E-state index contributed by atoms with van der Waals surface area (Å²) in [6.07, 6.45) is 0. The summed E-state index contributed by atoms with van der Waals surface area (Å²) in [6, 6.07) is 22.1. The van der Waals surface area contributed by atoms with Crippen LogP contribution in [0.3, 0.4) is 0 Å². The zero-order valence-electron chi connectivity index (χ0n) is 15.6. The number of piperazine rings is 1. The Kier molecular flexibility index (Phi) is 5.74. The average Bonchev–Trinajstić information content (AvgIpc) is 2.64. The van der Waals surface area contributed by atoms with Crippen molar-refractivity contribution >= 4 is 18.7 Å². The van der Waals surface area contributed by atoms with E-state index in [1.165, 1.54) is 10.4 Å². The van der Waals surface area contributed by atoms with Gasteiger partial charge in [-0.2, -0.15) is 0 Å². The minimum atomic E-state index is -2.40. The van der Waals surface area contributed by atoms with Crippen LogP contribution >= 0.6 is 0 Å². The van der Waals surface area contributed by atoms with Crippen molar-refractivity contribution in [1.29, 1.82) is 0 Å². The second-order valence-electron chi connectivity index (χ2n) is 7.83. The fraction of sp³-hybridized carbons (Fsp3) is 0.429. The molecule has 0 bridgehead atoms. The maximum Gasteiger partial charge on any atom is 0.261 e. The van der Waals surface area contributed by atoms with E-state index in [0.29, 0.717) is 6.04 Å². The summed E-state index contributed by atoms with van der Waals surface area (Å²) in [5.74, 6) is 0. The van der Waals surface area contributed by atoms with Crippen LogP contribution in [-0.4, -0.2) is 40.6 Å². The van der Waals surface area contributed by atoms with E-state index in [4.69, 9.17) is 4.43 Å². The molecular weight excluding hydrogens is 324 g/mol. The van der Waals surface area contributed by atoms with Gasteiger partial charge in [-0.1, -0.05) is 81.4 Å². The third-order valence-electron chi connectivity index (χ3n) is 5.04. The molecule has 25 heavy (non-hydrogen) atoms. The lowest BCUT2D eigenvalue weighted by Gasteiger charge is -2.44. The lowest BCUT2D eigenvalue weighted by Crippen LogP contribution is -2.68. The molecule has 3 rings (SSSR count). The molecule has 0 saturated carbocycles. The molecule has 3 nitrogen and oxygen atoms in total. The van der Waals surface area contributed by atoms with Gasteiger partial charge in [-0.3, -0.25) is 0 Å². The highest BCUT2D eigenvalue weighted by molar-refractivity contribution is 6.99. The van der Waals surface area contributed by atoms with Crippen molar-refractivity contribution in [3.8, 4) is 0 Å². The van der Waals surface area contributed by atoms with Crippen molar-refractivity contribution in [3.63, 3.8) is 0 Å². The number of rotatable bonds is 5. The molecule has 4 heteroatoms. The summed E-state index contributed by atoms with van der Waals surface area (Å²) in [7, 11) is -2.40. The van der Waals surface area contributed by atoms with E-state index >= 15 is 0 Å².